The van der Waals surface area contributed by atoms with Gasteiger partial charge >= 0.3 is 0 Å². The number of anilines is 1. The quantitative estimate of drug-likeness (QED) is 0.629. The first-order chi connectivity index (χ1) is 11.3. The second-order valence-electron chi connectivity index (χ2n) is 6.65. The molecule has 1 saturated heterocycles. The van der Waals surface area contributed by atoms with E-state index in [2.05, 4.69) is 36.3 Å². The first-order valence-electron chi connectivity index (χ1n) is 8.41. The van der Waals surface area contributed by atoms with E-state index in [0.717, 1.165) is 24.9 Å². The van der Waals surface area contributed by atoms with Crippen LogP contribution in [0.1, 0.15) is 44.6 Å². The molecule has 1 heterocycles. The first kappa shape index (κ1) is 18.7. The molecule has 7 heteroatoms. The summed E-state index contributed by atoms with van der Waals surface area (Å²) in [5.41, 5.74) is 8.09. The van der Waals surface area contributed by atoms with Crippen molar-refractivity contribution in [2.24, 2.45) is 10.7 Å². The van der Waals surface area contributed by atoms with Gasteiger partial charge in [-0.05, 0) is 36.5 Å². The first-order valence-corrected chi connectivity index (χ1v) is 10.3. The summed E-state index contributed by atoms with van der Waals surface area (Å²) in [6.45, 7) is 5.23. The zero-order valence-electron chi connectivity index (χ0n) is 14.7. The lowest BCUT2D eigenvalue weighted by molar-refractivity contribution is 0.259. The Morgan fingerprint density at radius 2 is 2.17 bits per heavy atom. The smallest absolute Gasteiger partial charge is 0.211 e. The standard InChI is InChI=1S/C17H28N4O2S/c1-13(2)14-7-6-8-15(11-14)20-17(18)19-12-16-9-4-5-10-21(16)24(3,22)23/h6-8,11,13,16H,4-5,9-10,12H2,1-3H3,(H3,18,19,20). The molecule has 6 nitrogen and oxygen atoms in total. The highest BCUT2D eigenvalue weighted by atomic mass is 32.2. The van der Waals surface area contributed by atoms with Gasteiger partial charge in [-0.15, -0.1) is 0 Å². The van der Waals surface area contributed by atoms with E-state index in [0.29, 0.717) is 25.0 Å². The van der Waals surface area contributed by atoms with E-state index in [1.165, 1.54) is 11.8 Å². The molecule has 1 aliphatic rings. The number of sulfonamides is 1. The third-order valence-electron chi connectivity index (χ3n) is 4.30. The molecular weight excluding hydrogens is 324 g/mol. The molecule has 1 aromatic rings. The molecule has 0 bridgehead atoms. The highest BCUT2D eigenvalue weighted by Crippen LogP contribution is 2.20. The molecule has 134 valence electrons. The maximum Gasteiger partial charge on any atom is 0.211 e. The van der Waals surface area contributed by atoms with E-state index in [1.807, 2.05) is 12.1 Å². The molecule has 0 aromatic heterocycles. The van der Waals surface area contributed by atoms with Gasteiger partial charge in [-0.25, -0.2) is 8.42 Å². The minimum Gasteiger partial charge on any atom is -0.370 e. The number of hydrogen-bond acceptors (Lipinski definition) is 3. The Balaban J connectivity index is 2.01. The molecule has 0 amide bonds. The van der Waals surface area contributed by atoms with Crippen molar-refractivity contribution in [3.05, 3.63) is 29.8 Å². The summed E-state index contributed by atoms with van der Waals surface area (Å²) < 4.78 is 25.3. The number of nitrogens with two attached hydrogens (primary N) is 1. The van der Waals surface area contributed by atoms with E-state index in [9.17, 15) is 8.42 Å². The van der Waals surface area contributed by atoms with Crippen LogP contribution in [0.25, 0.3) is 0 Å². The summed E-state index contributed by atoms with van der Waals surface area (Å²) in [7, 11) is -3.19. The maximum atomic E-state index is 11.9. The van der Waals surface area contributed by atoms with Gasteiger partial charge in [0.1, 0.15) is 0 Å². The number of benzene rings is 1. The molecule has 0 saturated carbocycles. The monoisotopic (exact) mass is 352 g/mol. The van der Waals surface area contributed by atoms with Crippen molar-refractivity contribution in [3.63, 3.8) is 0 Å². The predicted octanol–water partition coefficient (Wildman–Crippen LogP) is 2.35. The largest absolute Gasteiger partial charge is 0.370 e. The van der Waals surface area contributed by atoms with Crippen LogP contribution in [-0.2, 0) is 10.0 Å². The molecule has 3 N–H and O–H groups in total. The van der Waals surface area contributed by atoms with E-state index >= 15 is 0 Å². The molecule has 2 rings (SSSR count). The Morgan fingerprint density at radius 3 is 2.83 bits per heavy atom. The van der Waals surface area contributed by atoms with Crippen LogP contribution >= 0.6 is 0 Å². The van der Waals surface area contributed by atoms with Gasteiger partial charge in [-0.3, -0.25) is 4.99 Å². The van der Waals surface area contributed by atoms with Crippen molar-refractivity contribution in [1.29, 1.82) is 0 Å². The molecule has 0 spiro atoms. The van der Waals surface area contributed by atoms with Crippen LogP contribution < -0.4 is 11.1 Å². The zero-order chi connectivity index (χ0) is 17.7. The van der Waals surface area contributed by atoms with Crippen LogP contribution in [0, 0.1) is 0 Å². The van der Waals surface area contributed by atoms with Crippen molar-refractivity contribution in [1.82, 2.24) is 4.31 Å². The van der Waals surface area contributed by atoms with Gasteiger partial charge in [0.2, 0.25) is 10.0 Å². The van der Waals surface area contributed by atoms with E-state index < -0.39 is 10.0 Å². The second kappa shape index (κ2) is 7.98. The zero-order valence-corrected chi connectivity index (χ0v) is 15.5. The number of aliphatic imine (C=N–C) groups is 1. The summed E-state index contributed by atoms with van der Waals surface area (Å²) >= 11 is 0. The normalized spacial score (nSPS) is 20.3. The Kier molecular flexibility index (Phi) is 6.23. The number of rotatable bonds is 5. The fraction of sp³-hybridized carbons (Fsp3) is 0.588. The van der Waals surface area contributed by atoms with Crippen LogP contribution in [0.15, 0.2) is 29.3 Å². The molecular formula is C17H28N4O2S. The lowest BCUT2D eigenvalue weighted by Crippen LogP contribution is -2.45. The topological polar surface area (TPSA) is 87.8 Å². The van der Waals surface area contributed by atoms with Crippen molar-refractivity contribution in [3.8, 4) is 0 Å². The lowest BCUT2D eigenvalue weighted by atomic mass is 10.0. The molecule has 0 radical (unpaired) electrons. The number of nitrogens with zero attached hydrogens (tertiary/aromatic N) is 2. The second-order valence-corrected chi connectivity index (χ2v) is 8.59. The third-order valence-corrected chi connectivity index (χ3v) is 5.63. The molecule has 1 aliphatic heterocycles. The molecule has 1 fully saturated rings. The van der Waals surface area contributed by atoms with Gasteiger partial charge in [0.25, 0.3) is 0 Å². The number of piperidine rings is 1. The van der Waals surface area contributed by atoms with Gasteiger partial charge in [-0.1, -0.05) is 32.4 Å². The Labute approximate surface area is 145 Å². The van der Waals surface area contributed by atoms with Crippen molar-refractivity contribution >= 4 is 21.7 Å². The average molecular weight is 353 g/mol. The molecule has 24 heavy (non-hydrogen) atoms. The Hall–Kier alpha value is -1.60. The van der Waals surface area contributed by atoms with Crippen LogP contribution in [0.4, 0.5) is 5.69 Å². The molecule has 1 aromatic carbocycles. The fourth-order valence-electron chi connectivity index (χ4n) is 2.96. The molecule has 0 aliphatic carbocycles. The summed E-state index contributed by atoms with van der Waals surface area (Å²) in [6, 6.07) is 7.96. The Morgan fingerprint density at radius 1 is 1.42 bits per heavy atom. The van der Waals surface area contributed by atoms with Crippen LogP contribution in [0.5, 0.6) is 0 Å². The van der Waals surface area contributed by atoms with Gasteiger partial charge in [0.15, 0.2) is 5.96 Å². The summed E-state index contributed by atoms with van der Waals surface area (Å²) in [5.74, 6) is 0.755. The van der Waals surface area contributed by atoms with E-state index in [4.69, 9.17) is 5.73 Å². The highest BCUT2D eigenvalue weighted by molar-refractivity contribution is 7.88. The van der Waals surface area contributed by atoms with Gasteiger partial charge in [0.05, 0.1) is 12.8 Å². The maximum absolute atomic E-state index is 11.9. The van der Waals surface area contributed by atoms with Crippen molar-refractivity contribution in [2.75, 3.05) is 24.7 Å². The summed E-state index contributed by atoms with van der Waals surface area (Å²) in [6.07, 6.45) is 4.01. The molecule has 1 unspecified atom stereocenters. The summed E-state index contributed by atoms with van der Waals surface area (Å²) in [4.78, 5) is 4.36. The Bertz CT molecular complexity index is 686. The van der Waals surface area contributed by atoms with Crippen molar-refractivity contribution in [2.45, 2.75) is 45.1 Å². The highest BCUT2D eigenvalue weighted by Gasteiger charge is 2.28. The van der Waals surface area contributed by atoms with Gasteiger partial charge in [0, 0.05) is 18.3 Å². The fourth-order valence-corrected chi connectivity index (χ4v) is 4.13. The minimum atomic E-state index is -3.19. The predicted molar refractivity (Wildman–Crippen MR) is 99.8 cm³/mol. The number of hydrogen-bond donors (Lipinski definition) is 2. The average Bonchev–Trinajstić information content (AvgIpc) is 2.52. The van der Waals surface area contributed by atoms with Crippen LogP contribution in [-0.4, -0.2) is 44.1 Å². The third kappa shape index (κ3) is 5.21. The summed E-state index contributed by atoms with van der Waals surface area (Å²) in [5, 5.41) is 3.09. The minimum absolute atomic E-state index is 0.101. The van der Waals surface area contributed by atoms with Crippen LogP contribution in [0.3, 0.4) is 0 Å². The number of guanidine groups is 1. The number of nitrogens with one attached hydrogen (secondary N) is 1. The molecule has 1 atom stereocenters. The SMILES string of the molecule is CC(C)c1cccc(NC(N)=NCC2CCCCN2S(C)(=O)=O)c1. The lowest BCUT2D eigenvalue weighted by Gasteiger charge is -2.32. The van der Waals surface area contributed by atoms with E-state index in [1.54, 1.807) is 4.31 Å². The van der Waals surface area contributed by atoms with E-state index in [-0.39, 0.29) is 6.04 Å². The van der Waals surface area contributed by atoms with Gasteiger partial charge in [-0.2, -0.15) is 4.31 Å². The van der Waals surface area contributed by atoms with Gasteiger partial charge < -0.3 is 11.1 Å². The van der Waals surface area contributed by atoms with Crippen LogP contribution in [0.2, 0.25) is 0 Å². The van der Waals surface area contributed by atoms with Crippen molar-refractivity contribution < 1.29 is 8.42 Å².